The van der Waals surface area contributed by atoms with Crippen LogP contribution in [-0.4, -0.2) is 17.1 Å². The number of carboxylic acid groups (broad SMARTS) is 1. The molecule has 3 nitrogen and oxygen atoms in total. The van der Waals surface area contributed by atoms with Crippen LogP contribution in [0.15, 0.2) is 11.1 Å². The van der Waals surface area contributed by atoms with E-state index >= 15 is 0 Å². The third-order valence-corrected chi connectivity index (χ3v) is 2.44. The average molecular weight is 169 g/mol. The van der Waals surface area contributed by atoms with Gasteiger partial charge < -0.3 is 10.8 Å². The second kappa shape index (κ2) is 3.27. The molecule has 1 aliphatic carbocycles. The van der Waals surface area contributed by atoms with E-state index in [9.17, 15) is 4.79 Å². The number of rotatable bonds is 1. The zero-order valence-corrected chi connectivity index (χ0v) is 7.50. The average Bonchev–Trinajstić information content (AvgIpc) is 2.30. The maximum Gasteiger partial charge on any atom is 0.306 e. The fraction of sp³-hybridized carbons (Fsp3) is 0.667. The van der Waals surface area contributed by atoms with Crippen LogP contribution in [-0.2, 0) is 4.79 Å². The summed E-state index contributed by atoms with van der Waals surface area (Å²) in [6.45, 7) is 3.97. The molecule has 1 fully saturated rings. The summed E-state index contributed by atoms with van der Waals surface area (Å²) in [5.41, 5.74) is 8.09. The molecule has 12 heavy (non-hydrogen) atoms. The number of allylic oxidation sites excluding steroid dienone is 1. The van der Waals surface area contributed by atoms with E-state index in [-0.39, 0.29) is 12.0 Å². The molecule has 2 unspecified atom stereocenters. The highest BCUT2D eigenvalue weighted by atomic mass is 16.4. The molecular weight excluding hydrogens is 154 g/mol. The minimum absolute atomic E-state index is 0.0314. The second-order valence-electron chi connectivity index (χ2n) is 3.61. The summed E-state index contributed by atoms with van der Waals surface area (Å²) in [6, 6.07) is -0.0314. The molecule has 0 amide bonds. The van der Waals surface area contributed by atoms with E-state index in [2.05, 4.69) is 0 Å². The molecule has 0 radical (unpaired) electrons. The first kappa shape index (κ1) is 9.26. The Labute approximate surface area is 72.3 Å². The zero-order chi connectivity index (χ0) is 9.30. The minimum Gasteiger partial charge on any atom is -0.481 e. The van der Waals surface area contributed by atoms with Crippen LogP contribution < -0.4 is 5.73 Å². The van der Waals surface area contributed by atoms with Gasteiger partial charge in [0.25, 0.3) is 0 Å². The highest BCUT2D eigenvalue weighted by Gasteiger charge is 2.31. The summed E-state index contributed by atoms with van der Waals surface area (Å²) >= 11 is 0. The molecule has 0 aromatic carbocycles. The second-order valence-corrected chi connectivity index (χ2v) is 3.61. The molecule has 0 saturated heterocycles. The molecule has 68 valence electrons. The number of nitrogens with two attached hydrogens (primary N) is 1. The molecule has 3 N–H and O–H groups in total. The summed E-state index contributed by atoms with van der Waals surface area (Å²) in [5.74, 6) is -0.980. The number of carboxylic acids is 1. The molecule has 0 bridgehead atoms. The van der Waals surface area contributed by atoms with E-state index in [0.717, 1.165) is 5.57 Å². The van der Waals surface area contributed by atoms with Gasteiger partial charge in [0.1, 0.15) is 0 Å². The van der Waals surface area contributed by atoms with E-state index < -0.39 is 5.97 Å². The van der Waals surface area contributed by atoms with Crippen LogP contribution in [0.1, 0.15) is 26.7 Å². The number of hydrogen-bond acceptors (Lipinski definition) is 2. The van der Waals surface area contributed by atoms with Crippen molar-refractivity contribution in [2.45, 2.75) is 32.7 Å². The van der Waals surface area contributed by atoms with Crippen LogP contribution in [0.4, 0.5) is 0 Å². The lowest BCUT2D eigenvalue weighted by molar-refractivity contribution is -0.141. The van der Waals surface area contributed by atoms with Crippen molar-refractivity contribution in [1.29, 1.82) is 0 Å². The molecule has 0 heterocycles. The smallest absolute Gasteiger partial charge is 0.306 e. The van der Waals surface area contributed by atoms with Crippen molar-refractivity contribution in [2.24, 2.45) is 11.7 Å². The van der Waals surface area contributed by atoms with Gasteiger partial charge in [-0.25, -0.2) is 0 Å². The Morgan fingerprint density at radius 3 is 2.42 bits per heavy atom. The topological polar surface area (TPSA) is 63.3 Å². The molecular formula is C9H15NO2. The van der Waals surface area contributed by atoms with Gasteiger partial charge in [-0.15, -0.1) is 0 Å². The van der Waals surface area contributed by atoms with Gasteiger partial charge >= 0.3 is 5.97 Å². The van der Waals surface area contributed by atoms with Gasteiger partial charge in [0.05, 0.1) is 5.92 Å². The Balaban J connectivity index is 2.76. The lowest BCUT2D eigenvalue weighted by Gasteiger charge is -2.05. The third-order valence-electron chi connectivity index (χ3n) is 2.44. The molecule has 0 aromatic rings. The standard InChI is InChI=1S/C9H15NO2/c1-5(2)7-3-6(9(11)12)4-8(7)10/h6,8H,3-4,10H2,1-2H3,(H,11,12). The van der Waals surface area contributed by atoms with Crippen molar-refractivity contribution in [1.82, 2.24) is 0 Å². The van der Waals surface area contributed by atoms with Crippen LogP contribution in [0.25, 0.3) is 0 Å². The monoisotopic (exact) mass is 169 g/mol. The number of hydrogen-bond donors (Lipinski definition) is 2. The van der Waals surface area contributed by atoms with Crippen LogP contribution in [0.3, 0.4) is 0 Å². The summed E-state index contributed by atoms with van der Waals surface area (Å²) in [7, 11) is 0. The van der Waals surface area contributed by atoms with Gasteiger partial charge in [-0.2, -0.15) is 0 Å². The van der Waals surface area contributed by atoms with E-state index in [1.807, 2.05) is 13.8 Å². The predicted molar refractivity (Wildman–Crippen MR) is 46.7 cm³/mol. The highest BCUT2D eigenvalue weighted by molar-refractivity contribution is 5.71. The van der Waals surface area contributed by atoms with Gasteiger partial charge in [-0.05, 0) is 26.7 Å². The Morgan fingerprint density at radius 1 is 1.58 bits per heavy atom. The Hall–Kier alpha value is -0.830. The molecule has 1 saturated carbocycles. The molecule has 3 heteroatoms. The number of carbonyl (C=O) groups is 1. The Bertz CT molecular complexity index is 229. The molecule has 0 aromatic heterocycles. The highest BCUT2D eigenvalue weighted by Crippen LogP contribution is 2.31. The fourth-order valence-corrected chi connectivity index (χ4v) is 1.71. The van der Waals surface area contributed by atoms with Crippen LogP contribution in [0.5, 0.6) is 0 Å². The minimum atomic E-state index is -0.721. The summed E-state index contributed by atoms with van der Waals surface area (Å²) < 4.78 is 0. The fourth-order valence-electron chi connectivity index (χ4n) is 1.71. The first-order chi connectivity index (χ1) is 5.52. The SMILES string of the molecule is CC(C)=C1CC(C(=O)O)CC1N. The van der Waals surface area contributed by atoms with Crippen molar-refractivity contribution >= 4 is 5.97 Å². The van der Waals surface area contributed by atoms with Crippen molar-refractivity contribution in [3.63, 3.8) is 0 Å². The number of aliphatic carboxylic acids is 1. The van der Waals surface area contributed by atoms with Gasteiger partial charge in [-0.1, -0.05) is 11.1 Å². The lowest BCUT2D eigenvalue weighted by atomic mass is 10.1. The van der Waals surface area contributed by atoms with Gasteiger partial charge in [-0.3, -0.25) is 4.79 Å². The van der Waals surface area contributed by atoms with E-state index in [0.29, 0.717) is 12.8 Å². The molecule has 1 rings (SSSR count). The van der Waals surface area contributed by atoms with Gasteiger partial charge in [0.15, 0.2) is 0 Å². The zero-order valence-electron chi connectivity index (χ0n) is 7.50. The normalized spacial score (nSPS) is 29.1. The molecule has 1 aliphatic rings. The first-order valence-electron chi connectivity index (χ1n) is 4.17. The summed E-state index contributed by atoms with van der Waals surface area (Å²) in [6.07, 6.45) is 1.23. The molecule has 0 spiro atoms. The largest absolute Gasteiger partial charge is 0.481 e. The Kier molecular flexibility index (Phi) is 2.52. The maximum absolute atomic E-state index is 10.6. The van der Waals surface area contributed by atoms with E-state index in [1.165, 1.54) is 5.57 Å². The summed E-state index contributed by atoms with van der Waals surface area (Å²) in [5, 5.41) is 8.75. The third kappa shape index (κ3) is 1.67. The van der Waals surface area contributed by atoms with Gasteiger partial charge in [0.2, 0.25) is 0 Å². The van der Waals surface area contributed by atoms with Crippen molar-refractivity contribution in [3.8, 4) is 0 Å². The first-order valence-corrected chi connectivity index (χ1v) is 4.17. The van der Waals surface area contributed by atoms with Crippen LogP contribution in [0.2, 0.25) is 0 Å². The maximum atomic E-state index is 10.6. The van der Waals surface area contributed by atoms with E-state index in [1.54, 1.807) is 0 Å². The summed E-state index contributed by atoms with van der Waals surface area (Å²) in [4.78, 5) is 10.6. The quantitative estimate of drug-likeness (QED) is 0.579. The van der Waals surface area contributed by atoms with Crippen molar-refractivity contribution < 1.29 is 9.90 Å². The van der Waals surface area contributed by atoms with Crippen LogP contribution >= 0.6 is 0 Å². The molecule has 0 aliphatic heterocycles. The van der Waals surface area contributed by atoms with Crippen molar-refractivity contribution in [2.75, 3.05) is 0 Å². The van der Waals surface area contributed by atoms with Gasteiger partial charge in [0, 0.05) is 6.04 Å². The van der Waals surface area contributed by atoms with Crippen LogP contribution in [0, 0.1) is 5.92 Å². The Morgan fingerprint density at radius 2 is 2.17 bits per heavy atom. The predicted octanol–water partition coefficient (Wildman–Crippen LogP) is 1.14. The lowest BCUT2D eigenvalue weighted by Crippen LogP contribution is -2.19. The van der Waals surface area contributed by atoms with E-state index in [4.69, 9.17) is 10.8 Å². The van der Waals surface area contributed by atoms with Crippen molar-refractivity contribution in [3.05, 3.63) is 11.1 Å². The molecule has 2 atom stereocenters.